The Balaban J connectivity index is 1.67. The number of carbonyl (C=O) groups is 1. The van der Waals surface area contributed by atoms with Crippen LogP contribution in [0.25, 0.3) is 5.69 Å². The molecule has 1 fully saturated rings. The summed E-state index contributed by atoms with van der Waals surface area (Å²) in [5, 5.41) is 4.13. The maximum Gasteiger partial charge on any atom is 0.339 e. The first-order valence-electron chi connectivity index (χ1n) is 11.6. The van der Waals surface area contributed by atoms with Gasteiger partial charge in [0, 0.05) is 23.8 Å². The topological polar surface area (TPSA) is 59.4 Å². The summed E-state index contributed by atoms with van der Waals surface area (Å²) < 4.78 is 7.09. The van der Waals surface area contributed by atoms with Gasteiger partial charge in [-0.15, -0.1) is 0 Å². The van der Waals surface area contributed by atoms with Crippen LogP contribution in [-0.4, -0.2) is 27.7 Å². The van der Waals surface area contributed by atoms with E-state index in [1.807, 2.05) is 53.2 Å². The molecule has 0 bridgehead atoms. The minimum atomic E-state index is -0.381. The number of nitrogens with one attached hydrogen (secondary N) is 1. The molecule has 5 rings (SSSR count). The third-order valence-electron chi connectivity index (χ3n) is 6.37. The van der Waals surface area contributed by atoms with Gasteiger partial charge in [0.1, 0.15) is 6.04 Å². The minimum absolute atomic E-state index is 0.187. The zero-order valence-electron chi connectivity index (χ0n) is 19.6. The molecule has 4 aromatic rings. The van der Waals surface area contributed by atoms with Crippen molar-refractivity contribution in [3.05, 3.63) is 114 Å². The number of rotatable bonds is 6. The molecule has 176 valence electrons. The molecule has 1 N–H and O–H groups in total. The van der Waals surface area contributed by atoms with Crippen molar-refractivity contribution >= 4 is 29.0 Å². The Kier molecular flexibility index (Phi) is 6.33. The molecule has 0 radical (unpaired) electrons. The van der Waals surface area contributed by atoms with Crippen molar-refractivity contribution in [2.45, 2.75) is 25.4 Å². The Morgan fingerprint density at radius 3 is 2.51 bits per heavy atom. The molecule has 2 atom stereocenters. The minimum Gasteiger partial charge on any atom is -0.465 e. The molecule has 7 heteroatoms. The number of hydrogen-bond acceptors (Lipinski definition) is 4. The van der Waals surface area contributed by atoms with Crippen molar-refractivity contribution in [2.75, 3.05) is 12.0 Å². The van der Waals surface area contributed by atoms with E-state index in [0.717, 1.165) is 29.2 Å². The number of methoxy groups -OCH3 is 1. The Hall–Kier alpha value is -3.97. The number of ether oxygens (including phenoxy) is 1. The fourth-order valence-corrected chi connectivity index (χ4v) is 4.99. The van der Waals surface area contributed by atoms with E-state index in [4.69, 9.17) is 17.0 Å². The number of carbonyl (C=O) groups excluding carboxylic acids is 1. The van der Waals surface area contributed by atoms with Crippen LogP contribution in [-0.2, 0) is 11.2 Å². The molecule has 0 spiro atoms. The average molecular weight is 483 g/mol. The highest BCUT2D eigenvalue weighted by Gasteiger charge is 2.42. The molecule has 3 heterocycles. The van der Waals surface area contributed by atoms with Crippen molar-refractivity contribution in [3.8, 4) is 5.69 Å². The molecule has 1 aliphatic rings. The Labute approximate surface area is 210 Å². The van der Waals surface area contributed by atoms with E-state index in [1.54, 1.807) is 12.3 Å². The Bertz CT molecular complexity index is 1350. The molecular weight excluding hydrogens is 456 g/mol. The zero-order chi connectivity index (χ0) is 24.4. The first-order chi connectivity index (χ1) is 17.1. The van der Waals surface area contributed by atoms with Crippen molar-refractivity contribution in [1.29, 1.82) is 0 Å². The van der Waals surface area contributed by atoms with Gasteiger partial charge in [-0.2, -0.15) is 0 Å². The van der Waals surface area contributed by atoms with E-state index < -0.39 is 0 Å². The molecule has 0 amide bonds. The second kappa shape index (κ2) is 9.72. The first-order valence-corrected chi connectivity index (χ1v) is 12.0. The van der Waals surface area contributed by atoms with Crippen molar-refractivity contribution in [1.82, 2.24) is 14.9 Å². The predicted octanol–water partition coefficient (Wildman–Crippen LogP) is 5.40. The number of para-hydroxylation sites is 1. The average Bonchev–Trinajstić information content (AvgIpc) is 3.53. The molecule has 2 aromatic heterocycles. The fraction of sp³-hybridized carbons (Fsp3) is 0.179. The van der Waals surface area contributed by atoms with E-state index in [0.29, 0.717) is 10.7 Å². The van der Waals surface area contributed by atoms with Crippen LogP contribution in [0, 0.1) is 0 Å². The van der Waals surface area contributed by atoms with E-state index in [1.165, 1.54) is 12.7 Å². The summed E-state index contributed by atoms with van der Waals surface area (Å²) in [4.78, 5) is 19.3. The third-order valence-corrected chi connectivity index (χ3v) is 6.69. The first kappa shape index (κ1) is 22.8. The van der Waals surface area contributed by atoms with E-state index in [2.05, 4.69) is 52.5 Å². The maximum atomic E-state index is 12.6. The molecule has 0 unspecified atom stereocenters. The second-order valence-corrected chi connectivity index (χ2v) is 8.72. The molecule has 2 aromatic carbocycles. The quantitative estimate of drug-likeness (QED) is 0.293. The van der Waals surface area contributed by atoms with Gasteiger partial charge in [-0.25, -0.2) is 4.79 Å². The van der Waals surface area contributed by atoms with Crippen molar-refractivity contribution in [2.24, 2.45) is 0 Å². The van der Waals surface area contributed by atoms with Gasteiger partial charge in [0.15, 0.2) is 5.11 Å². The van der Waals surface area contributed by atoms with E-state index in [-0.39, 0.29) is 18.1 Å². The van der Waals surface area contributed by atoms with Crippen LogP contribution in [0.4, 0.5) is 5.69 Å². The monoisotopic (exact) mass is 482 g/mol. The molecule has 1 saturated heterocycles. The lowest BCUT2D eigenvalue weighted by Crippen LogP contribution is -2.30. The summed E-state index contributed by atoms with van der Waals surface area (Å²) in [5.74, 6) is -0.381. The molecular formula is C28H26N4O2S. The van der Waals surface area contributed by atoms with Gasteiger partial charge in [-0.05, 0) is 72.7 Å². The second-order valence-electron chi connectivity index (χ2n) is 8.33. The molecule has 1 aliphatic heterocycles. The predicted molar refractivity (Wildman–Crippen MR) is 141 cm³/mol. The number of thiocarbonyl (C=S) groups is 1. The van der Waals surface area contributed by atoms with Gasteiger partial charge in [0.25, 0.3) is 0 Å². The van der Waals surface area contributed by atoms with Gasteiger partial charge >= 0.3 is 5.97 Å². The number of benzene rings is 2. The number of anilines is 1. The van der Waals surface area contributed by atoms with E-state index in [9.17, 15) is 4.79 Å². The van der Waals surface area contributed by atoms with Crippen molar-refractivity contribution in [3.63, 3.8) is 0 Å². The highest BCUT2D eigenvalue weighted by Crippen LogP contribution is 2.42. The third kappa shape index (κ3) is 4.19. The summed E-state index contributed by atoms with van der Waals surface area (Å²) in [6, 6.07) is 25.5. The van der Waals surface area contributed by atoms with E-state index >= 15 is 0 Å². The zero-order valence-corrected chi connectivity index (χ0v) is 20.4. The van der Waals surface area contributed by atoms with Crippen LogP contribution in [0.2, 0.25) is 0 Å². The van der Waals surface area contributed by atoms with Crippen LogP contribution in [0.1, 0.15) is 46.3 Å². The molecule has 35 heavy (non-hydrogen) atoms. The number of aromatic nitrogens is 2. The number of nitrogens with zero attached hydrogens (tertiary/aromatic N) is 3. The maximum absolute atomic E-state index is 12.6. The highest BCUT2D eigenvalue weighted by atomic mass is 32.1. The SMILES string of the molecule is CCc1ccc(N2C(=S)N[C@H](c3ccccn3)[C@@H]2c2cccn2-c2ccccc2C(=O)OC)cc1. The van der Waals surface area contributed by atoms with Gasteiger partial charge in [-0.1, -0.05) is 37.3 Å². The van der Waals surface area contributed by atoms with Gasteiger partial charge < -0.3 is 19.5 Å². The summed E-state index contributed by atoms with van der Waals surface area (Å²) in [6.45, 7) is 2.14. The normalized spacial score (nSPS) is 17.3. The number of pyridine rings is 1. The summed E-state index contributed by atoms with van der Waals surface area (Å²) in [6.07, 6.45) is 4.73. The summed E-state index contributed by atoms with van der Waals surface area (Å²) >= 11 is 5.86. The van der Waals surface area contributed by atoms with Crippen LogP contribution < -0.4 is 10.2 Å². The Morgan fingerprint density at radius 2 is 1.80 bits per heavy atom. The molecule has 6 nitrogen and oxygen atoms in total. The number of hydrogen-bond donors (Lipinski definition) is 1. The van der Waals surface area contributed by atoms with Crippen LogP contribution in [0.5, 0.6) is 0 Å². The fourth-order valence-electron chi connectivity index (χ4n) is 4.65. The van der Waals surface area contributed by atoms with Crippen LogP contribution >= 0.6 is 12.2 Å². The lowest BCUT2D eigenvalue weighted by Gasteiger charge is -2.29. The van der Waals surface area contributed by atoms with Crippen LogP contribution in [0.15, 0.2) is 91.3 Å². The van der Waals surface area contributed by atoms with Gasteiger partial charge in [0.05, 0.1) is 30.1 Å². The number of aryl methyl sites for hydroxylation is 1. The van der Waals surface area contributed by atoms with Crippen LogP contribution in [0.3, 0.4) is 0 Å². The van der Waals surface area contributed by atoms with Crippen molar-refractivity contribution < 1.29 is 9.53 Å². The number of esters is 1. The standard InChI is InChI=1S/C28H26N4O2S/c1-3-19-13-15-20(16-14-19)32-26(25(30-28(32)35)22-10-6-7-17-29-22)24-12-8-18-31(24)23-11-5-4-9-21(23)27(33)34-2/h4-18,25-26H,3H2,1-2H3,(H,30,35)/t25-,26+/m1/s1. The molecule has 0 aliphatic carbocycles. The summed E-state index contributed by atoms with van der Waals surface area (Å²) in [7, 11) is 1.40. The molecule has 0 saturated carbocycles. The Morgan fingerprint density at radius 1 is 1.03 bits per heavy atom. The lowest BCUT2D eigenvalue weighted by atomic mass is 10.00. The lowest BCUT2D eigenvalue weighted by molar-refractivity contribution is 0.0600. The highest BCUT2D eigenvalue weighted by molar-refractivity contribution is 7.80. The summed E-state index contributed by atoms with van der Waals surface area (Å²) in [5.41, 5.74) is 5.37. The smallest absolute Gasteiger partial charge is 0.339 e. The van der Waals surface area contributed by atoms with Gasteiger partial charge in [0.2, 0.25) is 0 Å². The van der Waals surface area contributed by atoms with Gasteiger partial charge in [-0.3, -0.25) is 4.98 Å². The largest absolute Gasteiger partial charge is 0.465 e.